The average molecular weight is 295 g/mol. The largest absolute Gasteiger partial charge is 0.508 e. The second-order valence-corrected chi connectivity index (χ2v) is 5.29. The number of nitrogens with zero attached hydrogens (tertiary/aromatic N) is 2. The molecule has 0 unspecified atom stereocenters. The molecule has 1 heterocycles. The molecule has 6 heteroatoms. The molecule has 0 aromatic heterocycles. The summed E-state index contributed by atoms with van der Waals surface area (Å²) in [5.41, 5.74) is 5.49. The lowest BCUT2D eigenvalue weighted by atomic mass is 10.1. The number of carbonyl (C=O) groups excluding carboxylic acids is 1. The van der Waals surface area contributed by atoms with Gasteiger partial charge in [-0.25, -0.2) is 4.39 Å². The van der Waals surface area contributed by atoms with E-state index >= 15 is 0 Å². The highest BCUT2D eigenvalue weighted by Gasteiger charge is 2.23. The molecule has 21 heavy (non-hydrogen) atoms. The van der Waals surface area contributed by atoms with Crippen LogP contribution in [0.2, 0.25) is 0 Å². The van der Waals surface area contributed by atoms with Gasteiger partial charge < -0.3 is 15.7 Å². The molecule has 1 aliphatic rings. The summed E-state index contributed by atoms with van der Waals surface area (Å²) in [5, 5.41) is 9.19. The number of halogens is 1. The number of amides is 1. The van der Waals surface area contributed by atoms with Crippen LogP contribution in [-0.4, -0.2) is 60.1 Å². The van der Waals surface area contributed by atoms with Gasteiger partial charge in [0.1, 0.15) is 11.6 Å². The van der Waals surface area contributed by atoms with Crippen LogP contribution in [0.5, 0.6) is 5.75 Å². The monoisotopic (exact) mass is 295 g/mol. The highest BCUT2D eigenvalue weighted by atomic mass is 19.1. The minimum Gasteiger partial charge on any atom is -0.508 e. The van der Waals surface area contributed by atoms with Crippen LogP contribution >= 0.6 is 0 Å². The lowest BCUT2D eigenvalue weighted by Crippen LogP contribution is -2.49. The highest BCUT2D eigenvalue weighted by molar-refractivity contribution is 5.94. The maximum atomic E-state index is 13.7. The third-order valence-electron chi connectivity index (χ3n) is 3.77. The Hall–Kier alpha value is -1.66. The van der Waals surface area contributed by atoms with Gasteiger partial charge in [-0.2, -0.15) is 0 Å². The summed E-state index contributed by atoms with van der Waals surface area (Å²) >= 11 is 0. The average Bonchev–Trinajstić information content (AvgIpc) is 2.48. The fourth-order valence-electron chi connectivity index (χ4n) is 2.50. The number of unbranched alkanes of at least 4 members (excludes halogenated alkanes) is 1. The molecule has 0 radical (unpaired) electrons. The molecule has 1 aliphatic heterocycles. The Balaban J connectivity index is 1.88. The van der Waals surface area contributed by atoms with Crippen LogP contribution in [-0.2, 0) is 0 Å². The number of aromatic hydroxyl groups is 1. The van der Waals surface area contributed by atoms with Crippen LogP contribution in [0.1, 0.15) is 23.2 Å². The van der Waals surface area contributed by atoms with Gasteiger partial charge in [0.2, 0.25) is 0 Å². The molecule has 0 spiro atoms. The molecule has 3 N–H and O–H groups in total. The molecule has 116 valence electrons. The molecular formula is C15H22FN3O2. The van der Waals surface area contributed by atoms with Gasteiger partial charge >= 0.3 is 0 Å². The fraction of sp³-hybridized carbons (Fsp3) is 0.533. The summed E-state index contributed by atoms with van der Waals surface area (Å²) in [6.07, 6.45) is 2.08. The van der Waals surface area contributed by atoms with Crippen molar-refractivity contribution in [3.8, 4) is 5.75 Å². The zero-order chi connectivity index (χ0) is 15.2. The van der Waals surface area contributed by atoms with E-state index in [-0.39, 0.29) is 17.2 Å². The molecule has 1 aromatic rings. The van der Waals surface area contributed by atoms with Crippen molar-refractivity contribution >= 4 is 5.91 Å². The quantitative estimate of drug-likeness (QED) is 0.796. The normalized spacial score (nSPS) is 16.2. The maximum Gasteiger partial charge on any atom is 0.256 e. The van der Waals surface area contributed by atoms with E-state index in [0.29, 0.717) is 19.6 Å². The third kappa shape index (κ3) is 4.15. The first-order valence-corrected chi connectivity index (χ1v) is 7.32. The number of carbonyl (C=O) groups is 1. The predicted octanol–water partition coefficient (Wildman–Crippen LogP) is 1.03. The van der Waals surface area contributed by atoms with Crippen molar-refractivity contribution < 1.29 is 14.3 Å². The molecule has 1 fully saturated rings. The number of nitrogens with two attached hydrogens (primary N) is 1. The Bertz CT molecular complexity index is 488. The Labute approximate surface area is 124 Å². The highest BCUT2D eigenvalue weighted by Crippen LogP contribution is 2.17. The summed E-state index contributed by atoms with van der Waals surface area (Å²) in [4.78, 5) is 16.2. The minimum atomic E-state index is -0.676. The maximum absolute atomic E-state index is 13.7. The van der Waals surface area contributed by atoms with Crippen LogP contribution in [0.3, 0.4) is 0 Å². The van der Waals surface area contributed by atoms with Gasteiger partial charge in [0, 0.05) is 32.2 Å². The molecule has 0 aliphatic carbocycles. The van der Waals surface area contributed by atoms with Crippen LogP contribution in [0.4, 0.5) is 4.39 Å². The lowest BCUT2D eigenvalue weighted by molar-refractivity contribution is 0.0631. The first-order chi connectivity index (χ1) is 10.1. The van der Waals surface area contributed by atoms with Crippen LogP contribution in [0.15, 0.2) is 18.2 Å². The first-order valence-electron chi connectivity index (χ1n) is 7.32. The summed E-state index contributed by atoms with van der Waals surface area (Å²) in [6, 6.07) is 3.64. The van der Waals surface area contributed by atoms with Crippen LogP contribution in [0, 0.1) is 5.82 Å². The zero-order valence-corrected chi connectivity index (χ0v) is 12.1. The number of phenols is 1. The number of hydrogen-bond donors (Lipinski definition) is 2. The van der Waals surface area contributed by atoms with E-state index in [9.17, 15) is 14.3 Å². The summed E-state index contributed by atoms with van der Waals surface area (Å²) in [7, 11) is 0. The standard InChI is InChI=1S/C15H22FN3O2/c16-14-11-12(20)3-4-13(14)15(21)19-9-7-18(8-10-19)6-2-1-5-17/h3-4,11,20H,1-2,5-10,17H2. The zero-order valence-electron chi connectivity index (χ0n) is 12.1. The number of hydrogen-bond acceptors (Lipinski definition) is 4. The van der Waals surface area contributed by atoms with E-state index in [2.05, 4.69) is 4.90 Å². The molecule has 2 rings (SSSR count). The lowest BCUT2D eigenvalue weighted by Gasteiger charge is -2.34. The third-order valence-corrected chi connectivity index (χ3v) is 3.77. The Morgan fingerprint density at radius 3 is 2.57 bits per heavy atom. The molecule has 0 saturated carbocycles. The summed E-state index contributed by atoms with van der Waals surface area (Å²) in [5.74, 6) is -1.16. The van der Waals surface area contributed by atoms with E-state index in [4.69, 9.17) is 5.73 Å². The molecule has 1 amide bonds. The summed E-state index contributed by atoms with van der Waals surface area (Å²) < 4.78 is 13.7. The molecule has 0 bridgehead atoms. The topological polar surface area (TPSA) is 69.8 Å². The Morgan fingerprint density at radius 2 is 1.95 bits per heavy atom. The van der Waals surface area contributed by atoms with E-state index in [1.54, 1.807) is 4.90 Å². The fourth-order valence-corrected chi connectivity index (χ4v) is 2.50. The van der Waals surface area contributed by atoms with Crippen molar-refractivity contribution in [2.24, 2.45) is 5.73 Å². The molecular weight excluding hydrogens is 273 g/mol. The number of piperazine rings is 1. The van der Waals surface area contributed by atoms with Crippen molar-refractivity contribution in [2.75, 3.05) is 39.3 Å². The van der Waals surface area contributed by atoms with E-state index < -0.39 is 5.82 Å². The first kappa shape index (κ1) is 15.7. The van der Waals surface area contributed by atoms with Crippen LogP contribution in [0.25, 0.3) is 0 Å². The van der Waals surface area contributed by atoms with Gasteiger partial charge in [0.15, 0.2) is 0 Å². The van der Waals surface area contributed by atoms with Crippen LogP contribution < -0.4 is 5.73 Å². The molecule has 1 aromatic carbocycles. The molecule has 1 saturated heterocycles. The van der Waals surface area contributed by atoms with Gasteiger partial charge in [-0.3, -0.25) is 9.69 Å². The Kier molecular flexibility index (Phi) is 5.52. The van der Waals surface area contributed by atoms with Gasteiger partial charge in [0.25, 0.3) is 5.91 Å². The van der Waals surface area contributed by atoms with E-state index in [0.717, 1.165) is 38.5 Å². The SMILES string of the molecule is NCCCCN1CCN(C(=O)c2ccc(O)cc2F)CC1. The summed E-state index contributed by atoms with van der Waals surface area (Å²) in [6.45, 7) is 4.50. The van der Waals surface area contributed by atoms with Gasteiger partial charge in [-0.15, -0.1) is 0 Å². The van der Waals surface area contributed by atoms with Crippen molar-refractivity contribution in [1.82, 2.24) is 9.80 Å². The van der Waals surface area contributed by atoms with Gasteiger partial charge in [-0.05, 0) is 38.1 Å². The van der Waals surface area contributed by atoms with Crippen molar-refractivity contribution in [3.05, 3.63) is 29.6 Å². The van der Waals surface area contributed by atoms with Gasteiger partial charge in [-0.1, -0.05) is 0 Å². The molecule has 5 nitrogen and oxygen atoms in total. The number of phenolic OH excluding ortho intramolecular Hbond substituents is 1. The van der Waals surface area contributed by atoms with Crippen molar-refractivity contribution in [1.29, 1.82) is 0 Å². The smallest absolute Gasteiger partial charge is 0.256 e. The van der Waals surface area contributed by atoms with E-state index in [1.807, 2.05) is 0 Å². The van der Waals surface area contributed by atoms with Crippen molar-refractivity contribution in [2.45, 2.75) is 12.8 Å². The van der Waals surface area contributed by atoms with Gasteiger partial charge in [0.05, 0.1) is 5.56 Å². The van der Waals surface area contributed by atoms with Crippen molar-refractivity contribution in [3.63, 3.8) is 0 Å². The number of benzene rings is 1. The predicted molar refractivity (Wildman–Crippen MR) is 78.7 cm³/mol. The minimum absolute atomic E-state index is 0.0179. The Morgan fingerprint density at radius 1 is 1.24 bits per heavy atom. The van der Waals surface area contributed by atoms with E-state index in [1.165, 1.54) is 12.1 Å². The number of rotatable bonds is 5. The second-order valence-electron chi connectivity index (χ2n) is 5.29. The second kappa shape index (κ2) is 7.38. The molecule has 0 atom stereocenters.